The first kappa shape index (κ1) is 24.2. The van der Waals surface area contributed by atoms with E-state index in [0.717, 1.165) is 44.1 Å². The van der Waals surface area contributed by atoms with Gasteiger partial charge in [0.15, 0.2) is 5.16 Å². The minimum Gasteiger partial charge on any atom is -0.494 e. The Morgan fingerprint density at radius 1 is 1.26 bits per heavy atom. The Morgan fingerprint density at radius 2 is 2.09 bits per heavy atom. The summed E-state index contributed by atoms with van der Waals surface area (Å²) in [6.07, 6.45) is 4.57. The Morgan fingerprint density at radius 3 is 2.83 bits per heavy atom. The molecule has 0 radical (unpaired) electrons. The predicted molar refractivity (Wildman–Crippen MR) is 147 cm³/mol. The lowest BCUT2D eigenvalue weighted by Gasteiger charge is -2.13. The highest BCUT2D eigenvalue weighted by molar-refractivity contribution is 9.11. The van der Waals surface area contributed by atoms with Crippen LogP contribution in [0.3, 0.4) is 0 Å². The monoisotopic (exact) mass is 588 g/mol. The summed E-state index contributed by atoms with van der Waals surface area (Å²) >= 11 is 7.74. The van der Waals surface area contributed by atoms with Gasteiger partial charge in [-0.1, -0.05) is 11.8 Å². The van der Waals surface area contributed by atoms with Crippen LogP contribution in [0.25, 0.3) is 15.9 Å². The van der Waals surface area contributed by atoms with Gasteiger partial charge in [-0.3, -0.25) is 14.2 Å². The van der Waals surface area contributed by atoms with Crippen molar-refractivity contribution < 1.29 is 9.53 Å². The number of hydrazone groups is 1. The summed E-state index contributed by atoms with van der Waals surface area (Å²) in [5, 5.41) is 5.21. The number of carbonyl (C=O) groups is 1. The molecule has 0 saturated heterocycles. The second-order valence-electron chi connectivity index (χ2n) is 7.72. The second-order valence-corrected chi connectivity index (χ2v) is 12.2. The van der Waals surface area contributed by atoms with Crippen molar-refractivity contribution >= 4 is 72.7 Å². The predicted octanol–water partition coefficient (Wildman–Crippen LogP) is 5.40. The maximum atomic E-state index is 13.7. The molecule has 1 aliphatic carbocycles. The van der Waals surface area contributed by atoms with Gasteiger partial charge in [0.1, 0.15) is 10.6 Å². The van der Waals surface area contributed by atoms with Crippen LogP contribution in [0.2, 0.25) is 0 Å². The number of aryl methyl sites for hydroxylation is 2. The standard InChI is InChI=1S/C24H21BrN4O3S3/c1-2-32-15-8-6-14(7-9-15)29-23(31)21-17-4-3-5-18(17)35-22(21)27-24(29)33-13-20(30)28-26-12-16-10-11-19(25)34-16/h6-12H,2-5,13H2,1H3,(H,28,30). The fourth-order valence-corrected chi connectivity index (χ4v) is 7.34. The van der Waals surface area contributed by atoms with Crippen molar-refractivity contribution in [3.8, 4) is 11.4 Å². The number of thiophene rings is 2. The van der Waals surface area contributed by atoms with E-state index < -0.39 is 0 Å². The topological polar surface area (TPSA) is 85.6 Å². The van der Waals surface area contributed by atoms with Gasteiger partial charge in [-0.2, -0.15) is 5.10 Å². The largest absolute Gasteiger partial charge is 0.494 e. The number of aromatic nitrogens is 2. The fourth-order valence-electron chi connectivity index (χ4n) is 3.94. The average Bonchev–Trinajstić information content (AvgIpc) is 3.55. The Labute approximate surface area is 222 Å². The first-order chi connectivity index (χ1) is 17.0. The molecule has 0 aliphatic heterocycles. The van der Waals surface area contributed by atoms with Gasteiger partial charge in [0.2, 0.25) is 0 Å². The Hall–Kier alpha value is -2.47. The number of hydrogen-bond acceptors (Lipinski definition) is 8. The molecule has 35 heavy (non-hydrogen) atoms. The molecule has 1 aliphatic rings. The van der Waals surface area contributed by atoms with Crippen molar-refractivity contribution in [1.29, 1.82) is 0 Å². The second kappa shape index (κ2) is 10.7. The van der Waals surface area contributed by atoms with Crippen molar-refractivity contribution in [3.63, 3.8) is 0 Å². The van der Waals surface area contributed by atoms with E-state index in [1.165, 1.54) is 28.0 Å². The number of benzene rings is 1. The fraction of sp³-hybridized carbons (Fsp3) is 0.250. The smallest absolute Gasteiger partial charge is 0.267 e. The Bertz CT molecular complexity index is 1470. The van der Waals surface area contributed by atoms with Crippen molar-refractivity contribution in [2.24, 2.45) is 5.10 Å². The minimum absolute atomic E-state index is 0.0749. The summed E-state index contributed by atoms with van der Waals surface area (Å²) in [5.74, 6) is 0.535. The summed E-state index contributed by atoms with van der Waals surface area (Å²) in [6, 6.07) is 11.2. The highest BCUT2D eigenvalue weighted by Gasteiger charge is 2.24. The van der Waals surface area contributed by atoms with Crippen LogP contribution >= 0.6 is 50.4 Å². The maximum Gasteiger partial charge on any atom is 0.267 e. The van der Waals surface area contributed by atoms with Crippen molar-refractivity contribution in [1.82, 2.24) is 15.0 Å². The van der Waals surface area contributed by atoms with Crippen LogP contribution in [0.15, 0.2) is 55.2 Å². The molecule has 4 aromatic rings. The maximum absolute atomic E-state index is 13.7. The molecule has 5 rings (SSSR count). The van der Waals surface area contributed by atoms with Gasteiger partial charge in [-0.15, -0.1) is 22.7 Å². The quantitative estimate of drug-likeness (QED) is 0.129. The number of halogens is 1. The number of thioether (sulfide) groups is 1. The van der Waals surface area contributed by atoms with Crippen molar-refractivity contribution in [2.45, 2.75) is 31.3 Å². The number of fused-ring (bicyclic) bond motifs is 3. The average molecular weight is 590 g/mol. The van der Waals surface area contributed by atoms with Crippen LogP contribution < -0.4 is 15.7 Å². The zero-order chi connectivity index (χ0) is 24.4. The zero-order valence-corrected chi connectivity index (χ0v) is 22.8. The number of carbonyl (C=O) groups excluding carboxylic acids is 1. The van der Waals surface area contributed by atoms with E-state index in [1.807, 2.05) is 43.3 Å². The Balaban J connectivity index is 1.43. The summed E-state index contributed by atoms with van der Waals surface area (Å²) < 4.78 is 8.15. The van der Waals surface area contributed by atoms with Crippen LogP contribution in [0.4, 0.5) is 0 Å². The zero-order valence-electron chi connectivity index (χ0n) is 18.7. The van der Waals surface area contributed by atoms with E-state index in [1.54, 1.807) is 22.1 Å². The van der Waals surface area contributed by atoms with Crippen molar-refractivity contribution in [2.75, 3.05) is 12.4 Å². The highest BCUT2D eigenvalue weighted by atomic mass is 79.9. The van der Waals surface area contributed by atoms with Crippen LogP contribution in [0.1, 0.15) is 28.7 Å². The number of nitrogens with zero attached hydrogens (tertiary/aromatic N) is 3. The summed E-state index contributed by atoms with van der Waals surface area (Å²) in [4.78, 5) is 33.9. The molecule has 180 valence electrons. The molecule has 7 nitrogen and oxygen atoms in total. The number of hydrogen-bond donors (Lipinski definition) is 1. The molecule has 0 spiro atoms. The first-order valence-corrected chi connectivity index (χ1v) is 14.4. The molecule has 1 N–H and O–H groups in total. The lowest BCUT2D eigenvalue weighted by molar-refractivity contribution is -0.118. The molecule has 1 amide bonds. The van der Waals surface area contributed by atoms with Gasteiger partial charge in [0.05, 0.1) is 33.4 Å². The number of ether oxygens (including phenoxy) is 1. The van der Waals surface area contributed by atoms with Gasteiger partial charge in [-0.25, -0.2) is 10.4 Å². The molecular weight excluding hydrogens is 568 g/mol. The van der Waals surface area contributed by atoms with Crippen molar-refractivity contribution in [3.05, 3.63) is 65.9 Å². The SMILES string of the molecule is CCOc1ccc(-n2c(SCC(=O)NN=Cc3ccc(Br)s3)nc3sc4c(c3c2=O)CCC4)cc1. The molecule has 0 bridgehead atoms. The molecule has 0 fully saturated rings. The molecule has 0 unspecified atom stereocenters. The van der Waals surface area contributed by atoms with Crippen LogP contribution in [-0.4, -0.2) is 34.0 Å². The van der Waals surface area contributed by atoms with Gasteiger partial charge >= 0.3 is 0 Å². The Kier molecular flexibility index (Phi) is 7.37. The van der Waals surface area contributed by atoms with E-state index in [0.29, 0.717) is 22.8 Å². The summed E-state index contributed by atoms with van der Waals surface area (Å²) in [6.45, 7) is 2.49. The van der Waals surface area contributed by atoms with Crippen LogP contribution in [0, 0.1) is 0 Å². The summed E-state index contributed by atoms with van der Waals surface area (Å²) in [7, 11) is 0. The minimum atomic E-state index is -0.275. The number of rotatable bonds is 8. The molecular formula is C24H21BrN4O3S3. The van der Waals surface area contributed by atoms with Gasteiger partial charge in [0, 0.05) is 9.75 Å². The number of nitrogens with one attached hydrogen (secondary N) is 1. The lowest BCUT2D eigenvalue weighted by Crippen LogP contribution is -2.24. The first-order valence-electron chi connectivity index (χ1n) is 11.0. The molecule has 3 heterocycles. The van der Waals surface area contributed by atoms with Crippen LogP contribution in [0.5, 0.6) is 5.75 Å². The third-order valence-electron chi connectivity index (χ3n) is 5.42. The third-order valence-corrected chi connectivity index (χ3v) is 9.10. The van der Waals surface area contributed by atoms with E-state index in [9.17, 15) is 9.59 Å². The van der Waals surface area contributed by atoms with E-state index in [4.69, 9.17) is 9.72 Å². The normalized spacial score (nSPS) is 13.0. The van der Waals surface area contributed by atoms with Gasteiger partial charge < -0.3 is 4.74 Å². The van der Waals surface area contributed by atoms with E-state index in [-0.39, 0.29) is 17.2 Å². The van der Waals surface area contributed by atoms with E-state index in [2.05, 4.69) is 26.5 Å². The molecule has 3 aromatic heterocycles. The molecule has 0 atom stereocenters. The molecule has 0 saturated carbocycles. The lowest BCUT2D eigenvalue weighted by atomic mass is 10.2. The van der Waals surface area contributed by atoms with Gasteiger partial charge in [-0.05, 0) is 84.1 Å². The van der Waals surface area contributed by atoms with E-state index >= 15 is 0 Å². The summed E-state index contributed by atoms with van der Waals surface area (Å²) in [5.41, 5.74) is 4.27. The third kappa shape index (κ3) is 5.23. The number of amides is 1. The molecule has 1 aromatic carbocycles. The molecule has 11 heteroatoms. The van der Waals surface area contributed by atoms with Gasteiger partial charge in [0.25, 0.3) is 11.5 Å². The van der Waals surface area contributed by atoms with Crippen LogP contribution in [-0.2, 0) is 17.6 Å². The highest BCUT2D eigenvalue weighted by Crippen LogP contribution is 2.36.